The predicted molar refractivity (Wildman–Crippen MR) is 60.2 cm³/mol. The van der Waals surface area contributed by atoms with Gasteiger partial charge in [0.25, 0.3) is 0 Å². The molecule has 0 radical (unpaired) electrons. The molecule has 0 amide bonds. The van der Waals surface area contributed by atoms with Crippen molar-refractivity contribution in [1.82, 2.24) is 0 Å². The molecule has 70 valence electrons. The molecule has 0 saturated heterocycles. The van der Waals surface area contributed by atoms with Crippen molar-refractivity contribution in [3.63, 3.8) is 0 Å². The normalized spacial score (nSPS) is 18.4. The lowest BCUT2D eigenvalue weighted by molar-refractivity contribution is 1.04. The van der Waals surface area contributed by atoms with Crippen LogP contribution in [0, 0.1) is 6.92 Å². The number of hydrogen-bond acceptors (Lipinski definition) is 0. The quantitative estimate of drug-likeness (QED) is 0.574. The molecule has 0 aromatic heterocycles. The van der Waals surface area contributed by atoms with Crippen LogP contribution in [0.15, 0.2) is 35.9 Å². The average molecular weight is 182 g/mol. The lowest BCUT2D eigenvalue weighted by Crippen LogP contribution is -1.90. The molecule has 0 bridgehead atoms. The topological polar surface area (TPSA) is 0 Å². The summed E-state index contributed by atoms with van der Waals surface area (Å²) >= 11 is 0. The maximum atomic E-state index is 2.32. The summed E-state index contributed by atoms with van der Waals surface area (Å²) in [6.45, 7) is 2.23. The van der Waals surface area contributed by atoms with Crippen LogP contribution in [0.4, 0.5) is 0 Å². The summed E-state index contributed by atoms with van der Waals surface area (Å²) < 4.78 is 0. The molecule has 3 rings (SSSR count). The maximum Gasteiger partial charge on any atom is -0.00168 e. The Morgan fingerprint density at radius 3 is 3.07 bits per heavy atom. The molecular formula is C14H14. The molecule has 0 fully saturated rings. The first-order chi connectivity index (χ1) is 6.86. The molecule has 0 atom stereocenters. The number of rotatable bonds is 0. The summed E-state index contributed by atoms with van der Waals surface area (Å²) in [7, 11) is 0. The zero-order chi connectivity index (χ0) is 9.54. The van der Waals surface area contributed by atoms with Crippen molar-refractivity contribution in [3.8, 4) is 0 Å². The maximum absolute atomic E-state index is 2.32. The van der Waals surface area contributed by atoms with Gasteiger partial charge in [-0.3, -0.25) is 0 Å². The molecule has 0 spiro atoms. The Kier molecular flexibility index (Phi) is 1.63. The van der Waals surface area contributed by atoms with Crippen LogP contribution in [0.25, 0.3) is 5.57 Å². The van der Waals surface area contributed by atoms with E-state index < -0.39 is 0 Å². The van der Waals surface area contributed by atoms with Gasteiger partial charge in [0.2, 0.25) is 0 Å². The van der Waals surface area contributed by atoms with Crippen LogP contribution in [0.3, 0.4) is 0 Å². The molecule has 0 saturated carbocycles. The standard InChI is InChI=1S/C14H14/c1-10-5-4-7-12-9-11-6-2-3-8-13(11)14(10)12/h2,4-7H,3,8-9H2,1H3. The Hall–Kier alpha value is -1.30. The summed E-state index contributed by atoms with van der Waals surface area (Å²) in [5.74, 6) is 0. The minimum atomic E-state index is 1.16. The fourth-order valence-electron chi connectivity index (χ4n) is 2.68. The van der Waals surface area contributed by atoms with Crippen LogP contribution in [-0.4, -0.2) is 0 Å². The Morgan fingerprint density at radius 1 is 1.21 bits per heavy atom. The van der Waals surface area contributed by atoms with Gasteiger partial charge < -0.3 is 0 Å². The van der Waals surface area contributed by atoms with E-state index in [2.05, 4.69) is 37.3 Å². The van der Waals surface area contributed by atoms with E-state index in [9.17, 15) is 0 Å². The number of fused-ring (bicyclic) bond motifs is 2. The first kappa shape index (κ1) is 8.05. The summed E-state index contributed by atoms with van der Waals surface area (Å²) in [6.07, 6.45) is 8.23. The molecular weight excluding hydrogens is 168 g/mol. The van der Waals surface area contributed by atoms with Crippen LogP contribution in [-0.2, 0) is 6.42 Å². The predicted octanol–water partition coefficient (Wildman–Crippen LogP) is 3.65. The molecule has 0 heterocycles. The van der Waals surface area contributed by atoms with Crippen LogP contribution in [0.5, 0.6) is 0 Å². The smallest absolute Gasteiger partial charge is 0.00168 e. The average Bonchev–Trinajstić information content (AvgIpc) is 2.57. The lowest BCUT2D eigenvalue weighted by Gasteiger charge is -2.11. The molecule has 14 heavy (non-hydrogen) atoms. The van der Waals surface area contributed by atoms with Crippen LogP contribution >= 0.6 is 0 Å². The second-order valence-electron chi connectivity index (χ2n) is 4.23. The largest absolute Gasteiger partial charge is 0.0839 e. The van der Waals surface area contributed by atoms with E-state index in [0.717, 1.165) is 6.42 Å². The van der Waals surface area contributed by atoms with Gasteiger partial charge in [-0.1, -0.05) is 30.4 Å². The molecule has 1 aromatic carbocycles. The Bertz CT molecular complexity index is 447. The number of hydrogen-bond donors (Lipinski definition) is 0. The molecule has 2 aliphatic carbocycles. The second kappa shape index (κ2) is 2.84. The zero-order valence-corrected chi connectivity index (χ0v) is 8.51. The fraction of sp³-hybridized carbons (Fsp3) is 0.286. The molecule has 0 aliphatic heterocycles. The first-order valence-corrected chi connectivity index (χ1v) is 5.33. The Morgan fingerprint density at radius 2 is 2.14 bits per heavy atom. The van der Waals surface area contributed by atoms with E-state index in [1.807, 2.05) is 0 Å². The van der Waals surface area contributed by atoms with Gasteiger partial charge in [-0.25, -0.2) is 0 Å². The van der Waals surface area contributed by atoms with Crippen LogP contribution in [0.2, 0.25) is 0 Å². The molecule has 2 aliphatic rings. The Balaban J connectivity index is 2.22. The van der Waals surface area contributed by atoms with Crippen LogP contribution < -0.4 is 0 Å². The molecule has 1 aromatic rings. The van der Waals surface area contributed by atoms with Crippen LogP contribution in [0.1, 0.15) is 29.5 Å². The summed E-state index contributed by atoms with van der Waals surface area (Å²) in [4.78, 5) is 0. The highest BCUT2D eigenvalue weighted by atomic mass is 14.3. The fourth-order valence-corrected chi connectivity index (χ4v) is 2.68. The third kappa shape index (κ3) is 1.00. The second-order valence-corrected chi connectivity index (χ2v) is 4.23. The van der Waals surface area contributed by atoms with Gasteiger partial charge in [-0.05, 0) is 54.0 Å². The molecule has 0 unspecified atom stereocenters. The highest BCUT2D eigenvalue weighted by molar-refractivity contribution is 5.81. The summed E-state index contributed by atoms with van der Waals surface area (Å²) in [6, 6.07) is 6.68. The van der Waals surface area contributed by atoms with Crippen molar-refractivity contribution >= 4 is 5.57 Å². The van der Waals surface area contributed by atoms with Crippen molar-refractivity contribution < 1.29 is 0 Å². The van der Waals surface area contributed by atoms with E-state index in [1.165, 1.54) is 24.0 Å². The van der Waals surface area contributed by atoms with Gasteiger partial charge >= 0.3 is 0 Å². The molecule has 0 nitrogen and oxygen atoms in total. The lowest BCUT2D eigenvalue weighted by atomic mass is 9.94. The van der Waals surface area contributed by atoms with Gasteiger partial charge in [0, 0.05) is 0 Å². The van der Waals surface area contributed by atoms with Gasteiger partial charge in [-0.2, -0.15) is 0 Å². The molecule has 0 N–H and O–H groups in total. The van der Waals surface area contributed by atoms with E-state index in [4.69, 9.17) is 0 Å². The number of benzene rings is 1. The van der Waals surface area contributed by atoms with E-state index in [1.54, 1.807) is 16.7 Å². The highest BCUT2D eigenvalue weighted by Gasteiger charge is 2.22. The van der Waals surface area contributed by atoms with Crippen molar-refractivity contribution in [3.05, 3.63) is 52.6 Å². The van der Waals surface area contributed by atoms with Crippen molar-refractivity contribution in [2.24, 2.45) is 0 Å². The summed E-state index contributed by atoms with van der Waals surface area (Å²) in [5, 5.41) is 0. The molecule has 0 heteroatoms. The van der Waals surface area contributed by atoms with Crippen molar-refractivity contribution in [2.45, 2.75) is 26.2 Å². The van der Waals surface area contributed by atoms with Gasteiger partial charge in [0.1, 0.15) is 0 Å². The van der Waals surface area contributed by atoms with E-state index >= 15 is 0 Å². The first-order valence-electron chi connectivity index (χ1n) is 5.33. The number of allylic oxidation sites excluding steroid dienone is 4. The number of aryl methyl sites for hydroxylation is 1. The highest BCUT2D eigenvalue weighted by Crippen LogP contribution is 2.40. The van der Waals surface area contributed by atoms with Gasteiger partial charge in [-0.15, -0.1) is 0 Å². The SMILES string of the molecule is Cc1cccc2c1C1=C(C=CCC1)C2. The van der Waals surface area contributed by atoms with Gasteiger partial charge in [0.05, 0.1) is 0 Å². The third-order valence-electron chi connectivity index (χ3n) is 3.31. The van der Waals surface area contributed by atoms with Crippen molar-refractivity contribution in [2.75, 3.05) is 0 Å². The van der Waals surface area contributed by atoms with E-state index in [0.29, 0.717) is 0 Å². The van der Waals surface area contributed by atoms with Gasteiger partial charge in [0.15, 0.2) is 0 Å². The van der Waals surface area contributed by atoms with E-state index in [-0.39, 0.29) is 0 Å². The monoisotopic (exact) mass is 182 g/mol. The zero-order valence-electron chi connectivity index (χ0n) is 8.51. The minimum absolute atomic E-state index is 1.16. The Labute approximate surface area is 85.0 Å². The summed E-state index contributed by atoms with van der Waals surface area (Å²) in [5.41, 5.74) is 7.69. The van der Waals surface area contributed by atoms with Crippen molar-refractivity contribution in [1.29, 1.82) is 0 Å². The minimum Gasteiger partial charge on any atom is -0.0839 e. The third-order valence-corrected chi connectivity index (χ3v) is 3.31.